The average molecular weight is 923 g/mol. The number of hydrogen-bond acceptors (Lipinski definition) is 11. The molecule has 4 heterocycles. The van der Waals surface area contributed by atoms with Crippen LogP contribution in [0.2, 0.25) is 0 Å². The van der Waals surface area contributed by atoms with Crippen molar-refractivity contribution in [2.75, 3.05) is 38.2 Å². The predicted octanol–water partition coefficient (Wildman–Crippen LogP) is 11.1. The highest BCUT2D eigenvalue weighted by atomic mass is 16.6. The van der Waals surface area contributed by atoms with Crippen LogP contribution in [0.3, 0.4) is 0 Å². The molecule has 0 saturated carbocycles. The smallest absolute Gasteiger partial charge is 0.412 e. The number of methoxy groups -OCH3 is 2. The summed E-state index contributed by atoms with van der Waals surface area (Å²) in [6, 6.07) is 32.8. The van der Waals surface area contributed by atoms with E-state index in [1.807, 2.05) is 102 Å². The van der Waals surface area contributed by atoms with Gasteiger partial charge in [0, 0.05) is 75.3 Å². The summed E-state index contributed by atoms with van der Waals surface area (Å²) in [5.41, 5.74) is 11.3. The van der Waals surface area contributed by atoms with E-state index in [1.54, 1.807) is 26.4 Å². The number of carbonyl (C=O) groups excluding carboxylic acids is 3. The van der Waals surface area contributed by atoms with Crippen molar-refractivity contribution in [2.45, 2.75) is 149 Å². The van der Waals surface area contributed by atoms with Gasteiger partial charge in [0.25, 0.3) is 0 Å². The van der Waals surface area contributed by atoms with Gasteiger partial charge in [0.1, 0.15) is 30.0 Å². The topological polar surface area (TPSA) is 157 Å². The summed E-state index contributed by atoms with van der Waals surface area (Å²) < 4.78 is 22.2. The monoisotopic (exact) mass is 923 g/mol. The van der Waals surface area contributed by atoms with Crippen LogP contribution in [-0.4, -0.2) is 92.2 Å². The molecule has 0 radical (unpaired) electrons. The van der Waals surface area contributed by atoms with Crippen LogP contribution in [0.25, 0.3) is 0 Å². The van der Waals surface area contributed by atoms with Gasteiger partial charge in [-0.2, -0.15) is 0 Å². The first-order chi connectivity index (χ1) is 32.7. The van der Waals surface area contributed by atoms with E-state index in [9.17, 15) is 14.4 Å². The van der Waals surface area contributed by atoms with Gasteiger partial charge in [-0.1, -0.05) is 113 Å². The first-order valence-electron chi connectivity index (χ1n) is 24.4. The van der Waals surface area contributed by atoms with Gasteiger partial charge >= 0.3 is 12.2 Å². The molecular formula is C54H78N6O7. The van der Waals surface area contributed by atoms with Crippen molar-refractivity contribution in [3.63, 3.8) is 0 Å². The highest BCUT2D eigenvalue weighted by molar-refractivity contribution is 5.87. The molecule has 0 aromatic heterocycles. The van der Waals surface area contributed by atoms with Crippen LogP contribution >= 0.6 is 0 Å². The van der Waals surface area contributed by atoms with Crippen molar-refractivity contribution < 1.29 is 33.3 Å². The third kappa shape index (κ3) is 17.0. The van der Waals surface area contributed by atoms with Gasteiger partial charge in [-0.25, -0.2) is 9.59 Å². The van der Waals surface area contributed by atoms with Crippen LogP contribution < -0.4 is 31.2 Å². The highest BCUT2D eigenvalue weighted by Gasteiger charge is 2.40. The zero-order chi connectivity index (χ0) is 48.6. The molecule has 4 aromatic carbocycles. The Hall–Kier alpha value is -5.47. The van der Waals surface area contributed by atoms with Crippen molar-refractivity contribution >= 4 is 29.8 Å². The van der Waals surface area contributed by atoms with Crippen LogP contribution in [0.4, 0.5) is 21.0 Å². The van der Waals surface area contributed by atoms with Crippen molar-refractivity contribution in [2.24, 2.45) is 5.73 Å². The minimum absolute atomic E-state index is 0.0427. The molecule has 4 aliphatic rings. The van der Waals surface area contributed by atoms with E-state index in [4.69, 9.17) is 24.7 Å². The Labute approximate surface area is 400 Å². The fourth-order valence-electron chi connectivity index (χ4n) is 9.48. The van der Waals surface area contributed by atoms with Crippen molar-refractivity contribution in [3.05, 3.63) is 119 Å². The second-order valence-corrected chi connectivity index (χ2v) is 16.9. The number of amides is 2. The highest BCUT2D eigenvalue weighted by Crippen LogP contribution is 2.37. The van der Waals surface area contributed by atoms with Crippen molar-refractivity contribution in [1.29, 1.82) is 0 Å². The number of fused-ring (bicyclic) bond motifs is 4. The van der Waals surface area contributed by atoms with Gasteiger partial charge < -0.3 is 30.0 Å². The van der Waals surface area contributed by atoms with Crippen LogP contribution in [0, 0.1) is 13.8 Å². The van der Waals surface area contributed by atoms with E-state index in [0.717, 1.165) is 87.6 Å². The summed E-state index contributed by atoms with van der Waals surface area (Å²) in [4.78, 5) is 39.8. The number of piperidine rings is 4. The van der Waals surface area contributed by atoms with E-state index in [-0.39, 0.29) is 12.2 Å². The van der Waals surface area contributed by atoms with Crippen molar-refractivity contribution in [1.82, 2.24) is 15.1 Å². The van der Waals surface area contributed by atoms with Crippen LogP contribution in [0.5, 0.6) is 11.5 Å². The zero-order valence-electron chi connectivity index (χ0n) is 41.3. The van der Waals surface area contributed by atoms with Crippen LogP contribution in [0.1, 0.15) is 119 Å². The molecular weight excluding hydrogens is 845 g/mol. The molecule has 0 aliphatic carbocycles. The number of ether oxygens (including phenoxy) is 4. The largest absolute Gasteiger partial charge is 0.495 e. The maximum absolute atomic E-state index is 12.6. The first kappa shape index (κ1) is 54.1. The number of aryl methyl sites for hydroxylation is 2. The Balaban J connectivity index is 0.000000240. The number of nitrogens with one attached hydrogen (secondary N) is 3. The Morgan fingerprint density at radius 3 is 1.43 bits per heavy atom. The Kier molecular flexibility index (Phi) is 23.7. The minimum atomic E-state index is -0.414. The van der Waals surface area contributed by atoms with Gasteiger partial charge in [-0.05, 0) is 80.5 Å². The van der Waals surface area contributed by atoms with Gasteiger partial charge in [0.05, 0.1) is 25.6 Å². The average Bonchev–Trinajstić information content (AvgIpc) is 3.34. The molecule has 4 aliphatic heterocycles. The van der Waals surface area contributed by atoms with Crippen molar-refractivity contribution in [3.8, 4) is 11.5 Å². The fourth-order valence-corrected chi connectivity index (χ4v) is 9.48. The molecule has 4 bridgehead atoms. The Morgan fingerprint density at radius 1 is 0.627 bits per heavy atom. The summed E-state index contributed by atoms with van der Waals surface area (Å²) in [5.74, 6) is 1.27. The molecule has 0 spiro atoms. The number of nitrogens with two attached hydrogens (primary N) is 1. The summed E-state index contributed by atoms with van der Waals surface area (Å²) in [5, 5.41) is 9.28. The summed E-state index contributed by atoms with van der Waals surface area (Å²) in [6.45, 7) is 14.3. The number of anilines is 2. The summed E-state index contributed by atoms with van der Waals surface area (Å²) in [6.07, 6.45) is 10.5. The fraction of sp³-hybridized carbons (Fsp3) is 0.500. The van der Waals surface area contributed by atoms with Crippen LogP contribution in [-0.2, 0) is 16.0 Å². The number of rotatable bonds is 12. The molecule has 4 aromatic rings. The van der Waals surface area contributed by atoms with E-state index >= 15 is 0 Å². The van der Waals surface area contributed by atoms with E-state index < -0.39 is 12.2 Å². The zero-order valence-corrected chi connectivity index (χ0v) is 41.3. The molecule has 5 N–H and O–H groups in total. The lowest BCUT2D eigenvalue weighted by Gasteiger charge is -2.48. The lowest BCUT2D eigenvalue weighted by Crippen LogP contribution is -2.56. The molecule has 13 nitrogen and oxygen atoms in total. The van der Waals surface area contributed by atoms with Gasteiger partial charge in [-0.15, -0.1) is 0 Å². The van der Waals surface area contributed by atoms with E-state index in [2.05, 4.69) is 50.0 Å². The van der Waals surface area contributed by atoms with Gasteiger partial charge in [0.2, 0.25) is 0 Å². The van der Waals surface area contributed by atoms with Crippen LogP contribution in [0.15, 0.2) is 97.1 Å². The third-order valence-corrected chi connectivity index (χ3v) is 12.5. The maximum atomic E-state index is 12.6. The lowest BCUT2D eigenvalue weighted by atomic mass is 9.83. The second kappa shape index (κ2) is 29.3. The summed E-state index contributed by atoms with van der Waals surface area (Å²) in [7, 11) is 3.19. The minimum Gasteiger partial charge on any atom is -0.495 e. The first-order valence-corrected chi connectivity index (χ1v) is 24.4. The Morgan fingerprint density at radius 2 is 1.04 bits per heavy atom. The summed E-state index contributed by atoms with van der Waals surface area (Å²) >= 11 is 0. The van der Waals surface area contributed by atoms with Gasteiger partial charge in [-0.3, -0.25) is 25.2 Å². The number of aldehydes is 1. The predicted molar refractivity (Wildman–Crippen MR) is 270 cm³/mol. The molecule has 2 amide bonds. The number of hydrogen-bond donors (Lipinski definition) is 4. The molecule has 4 fully saturated rings. The van der Waals surface area contributed by atoms with E-state index in [1.165, 1.54) is 18.4 Å². The molecule has 366 valence electrons. The molecule has 4 saturated heterocycles. The SMILES string of the molecule is CC.CC.COc1ccc(C)cc1NC(=O)OC1CC2CCCC(C1)N2CN.COc1ccc(C)cc1NC(=O)OC1CC2CCCC(C1)N2CNCc1ccccc1.O=Cc1ccccc1. The number of carbonyl (C=O) groups is 3. The third-order valence-electron chi connectivity index (χ3n) is 12.5. The standard InChI is InChI=1S/C25H33N3O3.C18H27N3O3.C7H6O.2C2H6/c1-18-11-12-24(30-2)23(13-18)27-25(29)31-22-14-20-9-6-10-21(15-22)28(20)17-26-16-19-7-4-3-5-8-19;1-12-6-7-17(23-2)16(8-12)20-18(22)24-15-9-13-4-3-5-14(10-15)21(13)11-19;8-6-7-4-2-1-3-5-7;2*1-2/h3-5,7-8,11-13,20-22,26H,6,9-10,14-17H2,1-2H3,(H,27,29);6-8,13-15H,3-5,9-11,19H2,1-2H3,(H,20,22);1-6H;2*1-2H3. The Bertz CT molecular complexity index is 2030. The molecule has 67 heavy (non-hydrogen) atoms. The lowest BCUT2D eigenvalue weighted by molar-refractivity contribution is -0.0341. The quantitative estimate of drug-likeness (QED) is 0.100. The number of benzene rings is 4. The van der Waals surface area contributed by atoms with Gasteiger partial charge in [0.15, 0.2) is 0 Å². The normalized spacial score (nSPS) is 21.5. The molecule has 8 rings (SSSR count). The second-order valence-electron chi connectivity index (χ2n) is 16.9. The van der Waals surface area contributed by atoms with E-state index in [0.29, 0.717) is 53.7 Å². The molecule has 13 heteroatoms. The number of nitrogens with zero attached hydrogens (tertiary/aromatic N) is 2. The molecule has 4 unspecified atom stereocenters. The molecule has 4 atom stereocenters. The maximum Gasteiger partial charge on any atom is 0.412 e.